The molecule has 1 aliphatic carbocycles. The van der Waals surface area contributed by atoms with Crippen molar-refractivity contribution in [3.63, 3.8) is 0 Å². The molecule has 0 unspecified atom stereocenters. The smallest absolute Gasteiger partial charge is 0.132 e. The Kier molecular flexibility index (Phi) is 7.39. The first kappa shape index (κ1) is 32.1. The molecule has 0 fully saturated rings. The number of hydrogen-bond donors (Lipinski definition) is 0. The highest BCUT2D eigenvalue weighted by Gasteiger charge is 2.52. The zero-order valence-electron chi connectivity index (χ0n) is 30.6. The molecule has 0 saturated heterocycles. The van der Waals surface area contributed by atoms with Crippen LogP contribution in [0.3, 0.4) is 0 Å². The predicted octanol–water partition coefficient (Wildman–Crippen LogP) is 14.2. The molecule has 1 aliphatic heterocycles. The Balaban J connectivity index is 1.28. The fourth-order valence-corrected chi connectivity index (χ4v) is 9.23. The first-order valence-corrected chi connectivity index (χ1v) is 19.2. The molecule has 0 saturated carbocycles. The number of fused-ring (bicyclic) bond motifs is 11. The van der Waals surface area contributed by atoms with E-state index in [2.05, 4.69) is 228 Å². The lowest BCUT2D eigenvalue weighted by atomic mass is 9.66. The molecule has 3 heteroatoms. The summed E-state index contributed by atoms with van der Waals surface area (Å²) in [5, 5.41) is 2.40. The standard InChI is InChI=1S/C53H36N2O/c1-5-19-37(20-6-1)54(38-21-7-2-8-22-38)41-33-34-44-47(35-41)53(45-29-15-17-31-50(45)56-51-32-18-16-30-46(51)53)48-36-49(42-27-13-14-28-43(42)52(44)48)55(39-23-9-3-10-24-39)40-25-11-4-12-26-40/h1-36H. The van der Waals surface area contributed by atoms with Crippen molar-refractivity contribution in [3.05, 3.63) is 241 Å². The molecule has 1 spiro atoms. The predicted molar refractivity (Wildman–Crippen MR) is 231 cm³/mol. The van der Waals surface area contributed by atoms with Crippen molar-refractivity contribution in [3.8, 4) is 22.6 Å². The summed E-state index contributed by atoms with van der Waals surface area (Å²) in [6.07, 6.45) is 0. The number of nitrogens with zero attached hydrogens (tertiary/aromatic N) is 2. The summed E-state index contributed by atoms with van der Waals surface area (Å²) in [7, 11) is 0. The summed E-state index contributed by atoms with van der Waals surface area (Å²) >= 11 is 0. The van der Waals surface area contributed by atoms with Gasteiger partial charge in [-0.2, -0.15) is 0 Å². The molecule has 0 atom stereocenters. The molecule has 9 aromatic carbocycles. The van der Waals surface area contributed by atoms with Gasteiger partial charge in [-0.05, 0) is 107 Å². The molecule has 0 radical (unpaired) electrons. The summed E-state index contributed by atoms with van der Waals surface area (Å²) in [6, 6.07) is 78.5. The minimum Gasteiger partial charge on any atom is -0.457 e. The second-order valence-electron chi connectivity index (χ2n) is 14.5. The van der Waals surface area contributed by atoms with E-state index in [-0.39, 0.29) is 0 Å². The summed E-state index contributed by atoms with van der Waals surface area (Å²) in [4.78, 5) is 4.78. The van der Waals surface area contributed by atoms with Crippen LogP contribution in [-0.4, -0.2) is 0 Å². The van der Waals surface area contributed by atoms with E-state index in [1.165, 1.54) is 33.0 Å². The normalized spacial score (nSPS) is 12.9. The van der Waals surface area contributed by atoms with Gasteiger partial charge in [0.1, 0.15) is 11.5 Å². The SMILES string of the molecule is c1ccc(N(c2ccccc2)c2ccc3c(c2)C2(c4ccccc4Oc4ccccc42)c2cc(N(c4ccccc4)c4ccccc4)c4ccccc4c2-3)cc1. The molecule has 11 rings (SSSR count). The fourth-order valence-electron chi connectivity index (χ4n) is 9.23. The van der Waals surface area contributed by atoms with Crippen molar-refractivity contribution in [1.82, 2.24) is 0 Å². The molecule has 0 bridgehead atoms. The molecule has 0 amide bonds. The second kappa shape index (κ2) is 12.9. The molecule has 56 heavy (non-hydrogen) atoms. The number of ether oxygens (including phenoxy) is 1. The van der Waals surface area contributed by atoms with Gasteiger partial charge in [-0.25, -0.2) is 0 Å². The Morgan fingerprint density at radius 1 is 0.321 bits per heavy atom. The van der Waals surface area contributed by atoms with Crippen LogP contribution in [0.15, 0.2) is 218 Å². The topological polar surface area (TPSA) is 15.7 Å². The molecule has 1 heterocycles. The maximum Gasteiger partial charge on any atom is 0.132 e. The van der Waals surface area contributed by atoms with Crippen LogP contribution in [0.2, 0.25) is 0 Å². The Morgan fingerprint density at radius 3 is 1.30 bits per heavy atom. The largest absolute Gasteiger partial charge is 0.457 e. The van der Waals surface area contributed by atoms with Crippen molar-refractivity contribution < 1.29 is 4.74 Å². The third-order valence-corrected chi connectivity index (χ3v) is 11.5. The van der Waals surface area contributed by atoms with E-state index in [4.69, 9.17) is 4.74 Å². The van der Waals surface area contributed by atoms with Crippen LogP contribution in [0.4, 0.5) is 34.1 Å². The molecule has 264 valence electrons. The van der Waals surface area contributed by atoms with Crippen LogP contribution >= 0.6 is 0 Å². The third-order valence-electron chi connectivity index (χ3n) is 11.5. The van der Waals surface area contributed by atoms with E-state index in [0.717, 1.165) is 56.8 Å². The minimum atomic E-state index is -0.691. The van der Waals surface area contributed by atoms with Crippen LogP contribution in [-0.2, 0) is 5.41 Å². The Morgan fingerprint density at radius 2 is 0.768 bits per heavy atom. The Hall–Kier alpha value is -7.36. The average molecular weight is 717 g/mol. The highest BCUT2D eigenvalue weighted by molar-refractivity contribution is 6.11. The number of hydrogen-bond acceptors (Lipinski definition) is 3. The molecule has 9 aromatic rings. The zero-order chi connectivity index (χ0) is 37.1. The van der Waals surface area contributed by atoms with Crippen molar-refractivity contribution in [2.75, 3.05) is 9.80 Å². The summed E-state index contributed by atoms with van der Waals surface area (Å²) in [5.74, 6) is 1.74. The van der Waals surface area contributed by atoms with Crippen LogP contribution in [0.5, 0.6) is 11.5 Å². The van der Waals surface area contributed by atoms with Gasteiger partial charge in [-0.3, -0.25) is 0 Å². The molecular weight excluding hydrogens is 681 g/mol. The van der Waals surface area contributed by atoms with E-state index >= 15 is 0 Å². The molecule has 0 aromatic heterocycles. The average Bonchev–Trinajstić information content (AvgIpc) is 3.55. The summed E-state index contributed by atoms with van der Waals surface area (Å²) in [6.45, 7) is 0. The fraction of sp³-hybridized carbons (Fsp3) is 0.0189. The van der Waals surface area contributed by atoms with Gasteiger partial charge in [0.2, 0.25) is 0 Å². The number of benzene rings is 9. The van der Waals surface area contributed by atoms with Gasteiger partial charge >= 0.3 is 0 Å². The number of para-hydroxylation sites is 6. The highest BCUT2D eigenvalue weighted by Crippen LogP contribution is 2.65. The van der Waals surface area contributed by atoms with Gasteiger partial charge in [0.15, 0.2) is 0 Å². The van der Waals surface area contributed by atoms with E-state index < -0.39 is 5.41 Å². The van der Waals surface area contributed by atoms with Crippen molar-refractivity contribution in [2.45, 2.75) is 5.41 Å². The lowest BCUT2D eigenvalue weighted by Crippen LogP contribution is -2.32. The first-order valence-electron chi connectivity index (χ1n) is 19.2. The second-order valence-corrected chi connectivity index (χ2v) is 14.5. The van der Waals surface area contributed by atoms with Gasteiger partial charge in [-0.1, -0.05) is 140 Å². The zero-order valence-corrected chi connectivity index (χ0v) is 30.6. The van der Waals surface area contributed by atoms with Crippen molar-refractivity contribution >= 4 is 44.9 Å². The lowest BCUT2D eigenvalue weighted by Gasteiger charge is -2.40. The molecule has 3 nitrogen and oxygen atoms in total. The van der Waals surface area contributed by atoms with Gasteiger partial charge in [-0.15, -0.1) is 0 Å². The molecule has 0 N–H and O–H groups in total. The van der Waals surface area contributed by atoms with E-state index in [9.17, 15) is 0 Å². The van der Waals surface area contributed by atoms with Crippen LogP contribution < -0.4 is 14.5 Å². The number of rotatable bonds is 6. The molecular formula is C53H36N2O. The highest BCUT2D eigenvalue weighted by atomic mass is 16.5. The van der Waals surface area contributed by atoms with E-state index in [0.29, 0.717) is 0 Å². The van der Waals surface area contributed by atoms with Crippen molar-refractivity contribution in [2.24, 2.45) is 0 Å². The maximum atomic E-state index is 6.79. The molecule has 2 aliphatic rings. The third kappa shape index (κ3) is 4.77. The first-order chi connectivity index (χ1) is 27.8. The van der Waals surface area contributed by atoms with Gasteiger partial charge < -0.3 is 14.5 Å². The lowest BCUT2D eigenvalue weighted by molar-refractivity contribution is 0.436. The van der Waals surface area contributed by atoms with Gasteiger partial charge in [0.05, 0.1) is 11.1 Å². The van der Waals surface area contributed by atoms with Crippen LogP contribution in [0, 0.1) is 0 Å². The quantitative estimate of drug-likeness (QED) is 0.170. The minimum absolute atomic E-state index is 0.691. The number of anilines is 6. The van der Waals surface area contributed by atoms with Crippen LogP contribution in [0.1, 0.15) is 22.3 Å². The summed E-state index contributed by atoms with van der Waals surface area (Å²) in [5.41, 5.74) is 13.2. The van der Waals surface area contributed by atoms with E-state index in [1.54, 1.807) is 0 Å². The van der Waals surface area contributed by atoms with Gasteiger partial charge in [0, 0.05) is 45.0 Å². The van der Waals surface area contributed by atoms with Crippen LogP contribution in [0.25, 0.3) is 21.9 Å². The van der Waals surface area contributed by atoms with Gasteiger partial charge in [0.25, 0.3) is 0 Å². The van der Waals surface area contributed by atoms with E-state index in [1.807, 2.05) is 0 Å². The maximum absolute atomic E-state index is 6.79. The summed E-state index contributed by atoms with van der Waals surface area (Å²) < 4.78 is 6.79. The Bertz CT molecular complexity index is 2770. The monoisotopic (exact) mass is 716 g/mol. The Labute approximate surface area is 326 Å². The van der Waals surface area contributed by atoms with Crippen molar-refractivity contribution in [1.29, 1.82) is 0 Å².